The van der Waals surface area contributed by atoms with Gasteiger partial charge in [-0.2, -0.15) is 0 Å². The Morgan fingerprint density at radius 1 is 0.374 bits per heavy atom. The first-order chi connectivity index (χ1) is 48.3. The van der Waals surface area contributed by atoms with E-state index in [2.05, 4.69) is 50.3 Å². The molecule has 3 aliphatic rings. The van der Waals surface area contributed by atoms with Gasteiger partial charge in [0.15, 0.2) is 0 Å². The molecule has 0 aromatic heterocycles. The number of carbonyl (C=O) groups is 10. The molecule has 27 nitrogen and oxygen atoms in total. The lowest BCUT2D eigenvalue weighted by Gasteiger charge is -2.26. The number of nitrogens with one attached hydrogen (secondary N) is 5. The molecule has 7 rings (SSSR count). The van der Waals surface area contributed by atoms with Gasteiger partial charge in [-0.25, -0.2) is 4.79 Å². The third-order valence-corrected chi connectivity index (χ3v) is 15.2. The highest BCUT2D eigenvalue weighted by molar-refractivity contribution is 6.02. The molecule has 1 fully saturated rings. The van der Waals surface area contributed by atoms with Crippen LogP contribution in [0.25, 0.3) is 0 Å². The van der Waals surface area contributed by atoms with Crippen LogP contribution in [0, 0.1) is 23.7 Å². The van der Waals surface area contributed by atoms with Gasteiger partial charge in [-0.15, -0.1) is 5.06 Å². The topological polar surface area (TPSA) is 324 Å². The van der Waals surface area contributed by atoms with Gasteiger partial charge in [-0.05, 0) is 53.9 Å². The van der Waals surface area contributed by atoms with Crippen LogP contribution >= 0.6 is 0 Å². The minimum Gasteiger partial charge on any atom is -0.379 e. The van der Waals surface area contributed by atoms with Gasteiger partial charge in [0.1, 0.15) is 0 Å². The lowest BCUT2D eigenvalue weighted by molar-refractivity contribution is -0.197. The summed E-state index contributed by atoms with van der Waals surface area (Å²) in [7, 11) is 0. The third kappa shape index (κ3) is 28.9. The molecule has 5 N–H and O–H groups in total. The van der Waals surface area contributed by atoms with Gasteiger partial charge in [0, 0.05) is 113 Å². The maximum Gasteiger partial charge on any atom is 0.333 e. The summed E-state index contributed by atoms with van der Waals surface area (Å²) in [6, 6.07) is 29.7. The largest absolute Gasteiger partial charge is 0.379 e. The van der Waals surface area contributed by atoms with Gasteiger partial charge in [0.05, 0.1) is 136 Å². The average Bonchev–Trinajstić information content (AvgIpc) is 1.42. The predicted molar refractivity (Wildman–Crippen MR) is 359 cm³/mol. The summed E-state index contributed by atoms with van der Waals surface area (Å²) in [6.07, 6.45) is -0.253. The van der Waals surface area contributed by atoms with E-state index in [-0.39, 0.29) is 198 Å². The smallest absolute Gasteiger partial charge is 0.333 e. The van der Waals surface area contributed by atoms with E-state index in [9.17, 15) is 47.9 Å². The minimum atomic E-state index is -0.837. The number of hydrogen-bond donors (Lipinski definition) is 5. The number of hydroxylamine groups is 2. The normalized spacial score (nSPS) is 12.8. The molecular weight excluding hydrogens is 1280 g/mol. The Labute approximate surface area is 576 Å². The number of anilines is 2. The third-order valence-electron chi connectivity index (χ3n) is 15.2. The molecule has 1 saturated heterocycles. The molecule has 9 amide bonds. The van der Waals surface area contributed by atoms with Crippen molar-refractivity contribution in [2.24, 2.45) is 0 Å². The molecule has 3 heterocycles. The standard InChI is InChI=1S/C72H88N8O19/c81-63(24-26-68(86)78-50-58-14-3-1-10-54(58)20-22-56-12-5-7-16-61(56)78)73-32-38-91-42-46-95-48-44-93-40-34-75-65(83)30-36-97-52-60(77-67(85)18-9-19-72(90)99-80-70(88)28-29-71(80)89)53-98-37-31-66(84)76-35-41-94-45-49-96-47-43-92-39-33-74-64(82)25-27-69(87)79-51-59-15-4-2-11-55(59)21-23-57-13-6-8-17-62(57)79/h1-8,10-17,60H,9,18-19,24-53H2,(H,73,81)(H,74,82)(H,75,83)(H,76,84)(H,77,85). The molecule has 0 bridgehead atoms. The molecule has 4 aromatic carbocycles. The number of ether oxygens (including phenoxy) is 8. The first kappa shape index (κ1) is 76.9. The van der Waals surface area contributed by atoms with E-state index in [4.69, 9.17) is 42.7 Å². The van der Waals surface area contributed by atoms with Crippen LogP contribution in [0.4, 0.5) is 11.4 Å². The van der Waals surface area contributed by atoms with Crippen LogP contribution in [0.5, 0.6) is 0 Å². The van der Waals surface area contributed by atoms with Crippen molar-refractivity contribution in [1.82, 2.24) is 31.6 Å². The van der Waals surface area contributed by atoms with Crippen LogP contribution in [0.1, 0.15) is 104 Å². The van der Waals surface area contributed by atoms with Crippen LogP contribution < -0.4 is 36.4 Å². The van der Waals surface area contributed by atoms with Gasteiger partial charge < -0.3 is 79.1 Å². The molecule has 3 aliphatic heterocycles. The second-order valence-electron chi connectivity index (χ2n) is 22.7. The number of rotatable bonds is 46. The molecule has 0 unspecified atom stereocenters. The number of nitrogens with zero attached hydrogens (tertiary/aromatic N) is 3. The van der Waals surface area contributed by atoms with E-state index in [1.54, 1.807) is 9.80 Å². The van der Waals surface area contributed by atoms with Crippen LogP contribution in [-0.4, -0.2) is 202 Å². The Morgan fingerprint density at radius 3 is 1.14 bits per heavy atom. The molecule has 0 atom stereocenters. The highest BCUT2D eigenvalue weighted by Gasteiger charge is 2.33. The second-order valence-corrected chi connectivity index (χ2v) is 22.7. The molecule has 0 saturated carbocycles. The van der Waals surface area contributed by atoms with Crippen molar-refractivity contribution in [3.8, 4) is 23.7 Å². The molecule has 4 aromatic rings. The fraction of sp³-hybridized carbons (Fsp3) is 0.472. The Kier molecular flexibility index (Phi) is 34.6. The summed E-state index contributed by atoms with van der Waals surface area (Å²) in [6.45, 7) is 4.96. The van der Waals surface area contributed by atoms with Crippen LogP contribution in [-0.2, 0) is 104 Å². The summed E-state index contributed by atoms with van der Waals surface area (Å²) >= 11 is 0. The molecule has 99 heavy (non-hydrogen) atoms. The van der Waals surface area contributed by atoms with Crippen molar-refractivity contribution in [2.45, 2.75) is 89.8 Å². The zero-order valence-electron chi connectivity index (χ0n) is 55.7. The summed E-state index contributed by atoms with van der Waals surface area (Å²) in [4.78, 5) is 134. The minimum absolute atomic E-state index is 0.00644. The summed E-state index contributed by atoms with van der Waals surface area (Å²) in [5.74, 6) is 8.78. The zero-order valence-corrected chi connectivity index (χ0v) is 55.7. The lowest BCUT2D eigenvalue weighted by Crippen LogP contribution is -2.42. The van der Waals surface area contributed by atoms with Gasteiger partial charge in [0.25, 0.3) is 11.8 Å². The second kappa shape index (κ2) is 44.5. The van der Waals surface area contributed by atoms with Crippen molar-refractivity contribution in [2.75, 3.05) is 142 Å². The van der Waals surface area contributed by atoms with Crippen LogP contribution in [0.15, 0.2) is 97.1 Å². The quantitative estimate of drug-likeness (QED) is 0.0241. The predicted octanol–water partition coefficient (Wildman–Crippen LogP) is 3.08. The fourth-order valence-corrected chi connectivity index (χ4v) is 10.0. The molecule has 0 spiro atoms. The van der Waals surface area contributed by atoms with E-state index in [1.165, 1.54) is 0 Å². The fourth-order valence-electron chi connectivity index (χ4n) is 10.0. The van der Waals surface area contributed by atoms with E-state index in [0.717, 1.165) is 33.4 Å². The summed E-state index contributed by atoms with van der Waals surface area (Å²) < 4.78 is 44.7. The number of carbonyl (C=O) groups excluding carboxylic acids is 10. The van der Waals surface area contributed by atoms with Gasteiger partial charge >= 0.3 is 5.97 Å². The molecule has 27 heteroatoms. The molecule has 0 radical (unpaired) electrons. The monoisotopic (exact) mass is 1370 g/mol. The zero-order chi connectivity index (χ0) is 70.1. The first-order valence-corrected chi connectivity index (χ1v) is 33.3. The number of imide groups is 1. The van der Waals surface area contributed by atoms with E-state index < -0.39 is 29.7 Å². The van der Waals surface area contributed by atoms with E-state index in [0.29, 0.717) is 69.2 Å². The Balaban J connectivity index is 0.659. The highest BCUT2D eigenvalue weighted by atomic mass is 16.7. The van der Waals surface area contributed by atoms with Gasteiger partial charge in [-0.3, -0.25) is 43.2 Å². The SMILES string of the molecule is O=C(CCOCC(COCCC(=O)NCCOCCOCCOCCNC(=O)CCC(=O)N1Cc2ccccc2C#Cc2ccccc21)NC(=O)CCCC(=O)ON1C(=O)CCC1=O)NCCOCCOCCOCCNC(=O)CCC(=O)N1Cc2ccccc2C#Cc2ccccc21. The van der Waals surface area contributed by atoms with Crippen LogP contribution in [0.3, 0.4) is 0 Å². The van der Waals surface area contributed by atoms with E-state index in [1.807, 2.05) is 97.1 Å². The van der Waals surface area contributed by atoms with Crippen molar-refractivity contribution < 1.29 is 90.7 Å². The average molecular weight is 1370 g/mol. The maximum atomic E-state index is 13.4. The molecule has 530 valence electrons. The van der Waals surface area contributed by atoms with Gasteiger partial charge in [-0.1, -0.05) is 84.3 Å². The summed E-state index contributed by atoms with van der Waals surface area (Å²) in [5, 5.41) is 14.3. The van der Waals surface area contributed by atoms with E-state index >= 15 is 0 Å². The van der Waals surface area contributed by atoms with Crippen molar-refractivity contribution in [1.29, 1.82) is 0 Å². The maximum absolute atomic E-state index is 13.4. The number of benzene rings is 4. The summed E-state index contributed by atoms with van der Waals surface area (Å²) in [5.41, 5.74) is 6.51. The Bertz CT molecular complexity index is 3270. The number of para-hydroxylation sites is 2. The molecular formula is C72H88N8O19. The van der Waals surface area contributed by atoms with Crippen molar-refractivity contribution >= 4 is 70.5 Å². The molecule has 0 aliphatic carbocycles. The number of hydrogen-bond acceptors (Lipinski definition) is 19. The Hall–Kier alpha value is -9.42. The van der Waals surface area contributed by atoms with Crippen molar-refractivity contribution in [3.05, 3.63) is 130 Å². The Morgan fingerprint density at radius 2 is 0.727 bits per heavy atom. The highest BCUT2D eigenvalue weighted by Crippen LogP contribution is 2.28. The lowest BCUT2D eigenvalue weighted by atomic mass is 10.0. The van der Waals surface area contributed by atoms with Gasteiger partial charge in [0.2, 0.25) is 41.4 Å². The van der Waals surface area contributed by atoms with Crippen LogP contribution in [0.2, 0.25) is 0 Å². The first-order valence-electron chi connectivity index (χ1n) is 33.3. The van der Waals surface area contributed by atoms with Crippen molar-refractivity contribution in [3.63, 3.8) is 0 Å². The number of amides is 9. The number of fused-ring (bicyclic) bond motifs is 4.